The van der Waals surface area contributed by atoms with E-state index in [0.717, 1.165) is 5.69 Å². The lowest BCUT2D eigenvalue weighted by Crippen LogP contribution is -2.27. The number of pyridine rings is 1. The van der Waals surface area contributed by atoms with E-state index in [0.29, 0.717) is 16.9 Å². The van der Waals surface area contributed by atoms with Crippen LogP contribution in [0.2, 0.25) is 0 Å². The Labute approximate surface area is 110 Å². The summed E-state index contributed by atoms with van der Waals surface area (Å²) < 4.78 is 12.8. The first-order chi connectivity index (χ1) is 8.99. The number of carbonyl (C=O) groups is 1. The maximum absolute atomic E-state index is 12.8. The Morgan fingerprint density at radius 2 is 1.95 bits per heavy atom. The summed E-state index contributed by atoms with van der Waals surface area (Å²) in [4.78, 5) is 17.7. The van der Waals surface area contributed by atoms with Gasteiger partial charge in [0.15, 0.2) is 0 Å². The third kappa shape index (κ3) is 2.70. The SMILES string of the molecule is Cc1cc(N)c(C(=O)N(C)c2ccc(F)cc2)cn1. The monoisotopic (exact) mass is 259 g/mol. The Kier molecular flexibility index (Phi) is 3.46. The minimum absolute atomic E-state index is 0.281. The van der Waals surface area contributed by atoms with Gasteiger partial charge in [0.25, 0.3) is 5.91 Å². The average Bonchev–Trinajstić information content (AvgIpc) is 2.38. The van der Waals surface area contributed by atoms with Crippen LogP contribution in [-0.2, 0) is 0 Å². The molecule has 0 bridgehead atoms. The molecule has 0 atom stereocenters. The summed E-state index contributed by atoms with van der Waals surface area (Å²) in [5, 5.41) is 0. The van der Waals surface area contributed by atoms with Crippen molar-refractivity contribution < 1.29 is 9.18 Å². The summed E-state index contributed by atoms with van der Waals surface area (Å²) in [5.41, 5.74) is 7.86. The highest BCUT2D eigenvalue weighted by atomic mass is 19.1. The van der Waals surface area contributed by atoms with Gasteiger partial charge < -0.3 is 10.6 Å². The van der Waals surface area contributed by atoms with Gasteiger partial charge >= 0.3 is 0 Å². The predicted octanol–water partition coefficient (Wildman–Crippen LogP) is 2.39. The first-order valence-corrected chi connectivity index (χ1v) is 5.75. The number of rotatable bonds is 2. The molecule has 2 rings (SSSR count). The second kappa shape index (κ2) is 5.06. The zero-order chi connectivity index (χ0) is 14.0. The zero-order valence-corrected chi connectivity index (χ0v) is 10.7. The van der Waals surface area contributed by atoms with E-state index in [9.17, 15) is 9.18 Å². The quantitative estimate of drug-likeness (QED) is 0.900. The Morgan fingerprint density at radius 3 is 2.53 bits per heavy atom. The van der Waals surface area contributed by atoms with Gasteiger partial charge in [0.1, 0.15) is 5.82 Å². The molecule has 2 N–H and O–H groups in total. The average molecular weight is 259 g/mol. The molecule has 1 aromatic carbocycles. The van der Waals surface area contributed by atoms with Gasteiger partial charge in [-0.25, -0.2) is 4.39 Å². The fourth-order valence-electron chi connectivity index (χ4n) is 1.72. The van der Waals surface area contributed by atoms with Gasteiger partial charge in [-0.2, -0.15) is 0 Å². The number of aromatic nitrogens is 1. The number of nitrogen functional groups attached to an aromatic ring is 1. The Hall–Kier alpha value is -2.43. The molecule has 0 saturated heterocycles. The van der Waals surface area contributed by atoms with Crippen molar-refractivity contribution in [2.24, 2.45) is 0 Å². The van der Waals surface area contributed by atoms with Crippen molar-refractivity contribution in [2.75, 3.05) is 17.7 Å². The summed E-state index contributed by atoms with van der Waals surface area (Å²) in [6.07, 6.45) is 1.45. The van der Waals surface area contributed by atoms with Crippen LogP contribution in [0, 0.1) is 12.7 Å². The van der Waals surface area contributed by atoms with Crippen LogP contribution in [0.25, 0.3) is 0 Å². The molecule has 19 heavy (non-hydrogen) atoms. The van der Waals surface area contributed by atoms with Crippen molar-refractivity contribution in [1.82, 2.24) is 4.98 Å². The predicted molar refractivity (Wildman–Crippen MR) is 72.5 cm³/mol. The van der Waals surface area contributed by atoms with E-state index in [4.69, 9.17) is 5.73 Å². The Morgan fingerprint density at radius 1 is 1.32 bits per heavy atom. The van der Waals surface area contributed by atoms with Crippen molar-refractivity contribution >= 4 is 17.3 Å². The standard InChI is InChI=1S/C14H14FN3O/c1-9-7-13(16)12(8-17-9)14(19)18(2)11-5-3-10(15)4-6-11/h3-8H,1-2H3,(H2,16,17). The van der Waals surface area contributed by atoms with Gasteiger partial charge in [-0.15, -0.1) is 0 Å². The number of halogens is 1. The zero-order valence-electron chi connectivity index (χ0n) is 10.7. The van der Waals surface area contributed by atoms with Gasteiger partial charge in [-0.1, -0.05) is 0 Å². The van der Waals surface area contributed by atoms with Crippen LogP contribution >= 0.6 is 0 Å². The molecule has 0 saturated carbocycles. The number of anilines is 2. The molecular weight excluding hydrogens is 245 g/mol. The summed E-state index contributed by atoms with van der Waals surface area (Å²) in [7, 11) is 1.61. The van der Waals surface area contributed by atoms with Crippen molar-refractivity contribution in [3.8, 4) is 0 Å². The largest absolute Gasteiger partial charge is 0.398 e. The van der Waals surface area contributed by atoms with E-state index in [2.05, 4.69) is 4.98 Å². The number of hydrogen-bond donors (Lipinski definition) is 1. The van der Waals surface area contributed by atoms with Crippen molar-refractivity contribution in [3.63, 3.8) is 0 Å². The van der Waals surface area contributed by atoms with Gasteiger partial charge in [0.2, 0.25) is 0 Å². The van der Waals surface area contributed by atoms with E-state index in [-0.39, 0.29) is 11.7 Å². The molecule has 0 unspecified atom stereocenters. The lowest BCUT2D eigenvalue weighted by atomic mass is 10.2. The molecule has 0 radical (unpaired) electrons. The van der Waals surface area contributed by atoms with Crippen LogP contribution in [0.5, 0.6) is 0 Å². The van der Waals surface area contributed by atoms with Crippen molar-refractivity contribution in [1.29, 1.82) is 0 Å². The van der Waals surface area contributed by atoms with Crippen LogP contribution in [0.1, 0.15) is 16.1 Å². The van der Waals surface area contributed by atoms with Crippen LogP contribution in [0.4, 0.5) is 15.8 Å². The highest BCUT2D eigenvalue weighted by Gasteiger charge is 2.16. The molecule has 0 aliphatic carbocycles. The van der Waals surface area contributed by atoms with E-state index in [1.807, 2.05) is 0 Å². The van der Waals surface area contributed by atoms with E-state index in [1.165, 1.54) is 35.4 Å². The highest BCUT2D eigenvalue weighted by Crippen LogP contribution is 2.19. The molecule has 98 valence electrons. The maximum atomic E-state index is 12.8. The molecule has 4 nitrogen and oxygen atoms in total. The number of benzene rings is 1. The fraction of sp³-hybridized carbons (Fsp3) is 0.143. The third-order valence-corrected chi connectivity index (χ3v) is 2.82. The topological polar surface area (TPSA) is 59.2 Å². The van der Waals surface area contributed by atoms with Crippen molar-refractivity contribution in [3.05, 3.63) is 53.6 Å². The van der Waals surface area contributed by atoms with Crippen molar-refractivity contribution in [2.45, 2.75) is 6.92 Å². The molecule has 2 aromatic rings. The Bertz CT molecular complexity index is 611. The summed E-state index contributed by atoms with van der Waals surface area (Å²) in [5.74, 6) is -0.627. The lowest BCUT2D eigenvalue weighted by Gasteiger charge is -2.18. The van der Waals surface area contributed by atoms with Crippen LogP contribution in [0.3, 0.4) is 0 Å². The second-order valence-electron chi connectivity index (χ2n) is 4.25. The smallest absolute Gasteiger partial charge is 0.261 e. The molecule has 1 heterocycles. The molecular formula is C14H14FN3O. The molecule has 1 aromatic heterocycles. The second-order valence-corrected chi connectivity index (χ2v) is 4.25. The van der Waals surface area contributed by atoms with E-state index < -0.39 is 0 Å². The number of carbonyl (C=O) groups excluding carboxylic acids is 1. The van der Waals surface area contributed by atoms with E-state index >= 15 is 0 Å². The van der Waals surface area contributed by atoms with Crippen LogP contribution < -0.4 is 10.6 Å². The molecule has 5 heteroatoms. The third-order valence-electron chi connectivity index (χ3n) is 2.82. The first kappa shape index (κ1) is 13.0. The van der Waals surface area contributed by atoms with Crippen LogP contribution in [0.15, 0.2) is 36.5 Å². The molecule has 0 fully saturated rings. The summed E-state index contributed by atoms with van der Waals surface area (Å²) >= 11 is 0. The van der Waals surface area contributed by atoms with Gasteiger partial charge in [-0.05, 0) is 37.3 Å². The minimum atomic E-state index is -0.346. The molecule has 0 aliphatic rings. The van der Waals surface area contributed by atoms with Crippen LogP contribution in [-0.4, -0.2) is 17.9 Å². The van der Waals surface area contributed by atoms with Gasteiger partial charge in [0, 0.05) is 30.3 Å². The first-order valence-electron chi connectivity index (χ1n) is 5.75. The summed E-state index contributed by atoms with van der Waals surface area (Å²) in [6.45, 7) is 1.80. The molecule has 0 aliphatic heterocycles. The number of nitrogens with two attached hydrogens (primary N) is 1. The van der Waals surface area contributed by atoms with E-state index in [1.54, 1.807) is 20.0 Å². The highest BCUT2D eigenvalue weighted by molar-refractivity contribution is 6.08. The number of hydrogen-bond acceptors (Lipinski definition) is 3. The van der Waals surface area contributed by atoms with Gasteiger partial charge in [0.05, 0.1) is 5.56 Å². The maximum Gasteiger partial charge on any atom is 0.261 e. The Balaban J connectivity index is 2.30. The number of aryl methyl sites for hydroxylation is 1. The number of amides is 1. The molecule has 0 spiro atoms. The minimum Gasteiger partial charge on any atom is -0.398 e. The number of nitrogens with zero attached hydrogens (tertiary/aromatic N) is 2. The summed E-state index contributed by atoms with van der Waals surface area (Å²) in [6, 6.07) is 7.31. The fourth-order valence-corrected chi connectivity index (χ4v) is 1.72. The molecule has 1 amide bonds. The normalized spacial score (nSPS) is 10.3. The lowest BCUT2D eigenvalue weighted by molar-refractivity contribution is 0.0993. The van der Waals surface area contributed by atoms with Gasteiger partial charge in [-0.3, -0.25) is 9.78 Å².